The van der Waals surface area contributed by atoms with Crippen molar-refractivity contribution in [3.8, 4) is 0 Å². The molecule has 2 unspecified atom stereocenters. The van der Waals surface area contributed by atoms with Crippen LogP contribution in [0.2, 0.25) is 0 Å². The van der Waals surface area contributed by atoms with Crippen LogP contribution in [0.5, 0.6) is 0 Å². The second-order valence-corrected chi connectivity index (χ2v) is 4.96. The van der Waals surface area contributed by atoms with Crippen LogP contribution in [-0.4, -0.2) is 45.3 Å². The van der Waals surface area contributed by atoms with E-state index in [9.17, 15) is 9.59 Å². The first-order valence-corrected chi connectivity index (χ1v) is 6.74. The maximum Gasteiger partial charge on any atom is 0.332 e. The summed E-state index contributed by atoms with van der Waals surface area (Å²) in [6, 6.07) is 5.49. The van der Waals surface area contributed by atoms with Crippen molar-refractivity contribution in [1.29, 1.82) is 0 Å². The number of carboxylic acid groups (broad SMARTS) is 1. The molecule has 3 rings (SSSR count). The number of amides is 1. The number of pyridine rings is 1. The van der Waals surface area contributed by atoms with Crippen molar-refractivity contribution >= 4 is 17.4 Å². The van der Waals surface area contributed by atoms with Gasteiger partial charge in [-0.2, -0.15) is 5.10 Å². The quantitative estimate of drug-likeness (QED) is 0.864. The summed E-state index contributed by atoms with van der Waals surface area (Å²) in [5.41, 5.74) is 1.22. The number of nitrogens with one attached hydrogen (secondary N) is 1. The minimum absolute atomic E-state index is 0.237. The third kappa shape index (κ3) is 2.73. The molecule has 21 heavy (non-hydrogen) atoms. The number of carboxylic acids is 1. The molecule has 0 saturated carbocycles. The lowest BCUT2D eigenvalue weighted by atomic mass is 10.2. The maximum atomic E-state index is 12.2. The van der Waals surface area contributed by atoms with E-state index in [1.807, 2.05) is 18.2 Å². The van der Waals surface area contributed by atoms with Gasteiger partial charge in [0.05, 0.1) is 23.4 Å². The van der Waals surface area contributed by atoms with Gasteiger partial charge >= 0.3 is 5.97 Å². The van der Waals surface area contributed by atoms with Crippen LogP contribution >= 0.6 is 0 Å². The summed E-state index contributed by atoms with van der Waals surface area (Å²) in [6.07, 6.45) is 3.38. The Hall–Kier alpha value is -2.41. The highest BCUT2D eigenvalue weighted by Crippen LogP contribution is 2.19. The molecular formula is C14H15N3O4. The summed E-state index contributed by atoms with van der Waals surface area (Å²) in [4.78, 5) is 23.0. The minimum Gasteiger partial charge on any atom is -0.479 e. The molecule has 2 aromatic heterocycles. The highest BCUT2D eigenvalue weighted by atomic mass is 16.5. The van der Waals surface area contributed by atoms with Crippen LogP contribution in [-0.2, 0) is 9.53 Å². The number of carbonyl (C=O) groups is 2. The van der Waals surface area contributed by atoms with Crippen molar-refractivity contribution < 1.29 is 19.4 Å². The summed E-state index contributed by atoms with van der Waals surface area (Å²) in [6.45, 7) is 0.298. The zero-order valence-corrected chi connectivity index (χ0v) is 11.2. The molecule has 2 atom stereocenters. The molecule has 1 saturated heterocycles. The van der Waals surface area contributed by atoms with Gasteiger partial charge in [0.25, 0.3) is 5.91 Å². The highest BCUT2D eigenvalue weighted by molar-refractivity contribution is 6.00. The van der Waals surface area contributed by atoms with Crippen molar-refractivity contribution in [3.05, 3.63) is 36.2 Å². The van der Waals surface area contributed by atoms with Gasteiger partial charge in [0.1, 0.15) is 0 Å². The fourth-order valence-corrected chi connectivity index (χ4v) is 2.45. The van der Waals surface area contributed by atoms with E-state index in [1.54, 1.807) is 10.7 Å². The average molecular weight is 289 g/mol. The SMILES string of the molecule is O=C(NCC1CCC(C(=O)O)O1)c1cnn2ccccc12. The van der Waals surface area contributed by atoms with Crippen LogP contribution in [0.1, 0.15) is 23.2 Å². The van der Waals surface area contributed by atoms with E-state index in [0.29, 0.717) is 24.9 Å². The Morgan fingerprint density at radius 1 is 1.43 bits per heavy atom. The van der Waals surface area contributed by atoms with Gasteiger partial charge in [-0.3, -0.25) is 4.79 Å². The fourth-order valence-electron chi connectivity index (χ4n) is 2.45. The Labute approximate surface area is 120 Å². The van der Waals surface area contributed by atoms with Gasteiger partial charge in [-0.15, -0.1) is 0 Å². The van der Waals surface area contributed by atoms with Crippen LogP contribution in [0, 0.1) is 0 Å². The summed E-state index contributed by atoms with van der Waals surface area (Å²) >= 11 is 0. The maximum absolute atomic E-state index is 12.2. The molecule has 7 heteroatoms. The molecule has 1 aliphatic heterocycles. The van der Waals surface area contributed by atoms with Crippen molar-refractivity contribution in [3.63, 3.8) is 0 Å². The van der Waals surface area contributed by atoms with E-state index in [4.69, 9.17) is 9.84 Å². The van der Waals surface area contributed by atoms with E-state index in [-0.39, 0.29) is 12.0 Å². The van der Waals surface area contributed by atoms with E-state index in [0.717, 1.165) is 5.52 Å². The predicted octanol–water partition coefficient (Wildman–Crippen LogP) is 0.696. The molecule has 1 amide bonds. The van der Waals surface area contributed by atoms with Gasteiger partial charge in [0.15, 0.2) is 6.10 Å². The lowest BCUT2D eigenvalue weighted by Gasteiger charge is -2.11. The second-order valence-electron chi connectivity index (χ2n) is 4.96. The van der Waals surface area contributed by atoms with E-state index < -0.39 is 12.1 Å². The van der Waals surface area contributed by atoms with Crippen LogP contribution in [0.3, 0.4) is 0 Å². The molecule has 7 nitrogen and oxygen atoms in total. The number of hydrogen-bond donors (Lipinski definition) is 2. The van der Waals surface area contributed by atoms with Crippen LogP contribution in [0.25, 0.3) is 5.52 Å². The number of carbonyl (C=O) groups excluding carboxylic acids is 1. The Balaban J connectivity index is 1.61. The number of aliphatic carboxylic acids is 1. The predicted molar refractivity (Wildman–Crippen MR) is 73.1 cm³/mol. The standard InChI is InChI=1S/C14H15N3O4/c18-13(10-8-16-17-6-2-1-3-11(10)17)15-7-9-4-5-12(21-9)14(19)20/h1-3,6,8-9,12H,4-5,7H2,(H,15,18)(H,19,20). The van der Waals surface area contributed by atoms with Gasteiger partial charge in [0, 0.05) is 12.7 Å². The molecule has 110 valence electrons. The smallest absolute Gasteiger partial charge is 0.332 e. The molecular weight excluding hydrogens is 274 g/mol. The van der Waals surface area contributed by atoms with Crippen LogP contribution in [0.4, 0.5) is 0 Å². The Morgan fingerprint density at radius 2 is 2.29 bits per heavy atom. The number of rotatable bonds is 4. The summed E-state index contributed by atoms with van der Waals surface area (Å²) in [7, 11) is 0. The molecule has 3 heterocycles. The van der Waals surface area contributed by atoms with Gasteiger partial charge < -0.3 is 15.2 Å². The van der Waals surface area contributed by atoms with Gasteiger partial charge in [0.2, 0.25) is 0 Å². The van der Waals surface area contributed by atoms with Crippen molar-refractivity contribution in [2.75, 3.05) is 6.54 Å². The summed E-state index contributed by atoms with van der Waals surface area (Å²) in [5.74, 6) is -1.19. The second kappa shape index (κ2) is 5.53. The van der Waals surface area contributed by atoms with Gasteiger partial charge in [-0.25, -0.2) is 9.31 Å². The van der Waals surface area contributed by atoms with Crippen molar-refractivity contribution in [1.82, 2.24) is 14.9 Å². The fraction of sp³-hybridized carbons (Fsp3) is 0.357. The first kappa shape index (κ1) is 13.6. The molecule has 0 bridgehead atoms. The van der Waals surface area contributed by atoms with Crippen molar-refractivity contribution in [2.45, 2.75) is 25.0 Å². The topological polar surface area (TPSA) is 92.9 Å². The number of nitrogens with zero attached hydrogens (tertiary/aromatic N) is 2. The summed E-state index contributed by atoms with van der Waals surface area (Å²) < 4.78 is 6.97. The Morgan fingerprint density at radius 3 is 3.05 bits per heavy atom. The lowest BCUT2D eigenvalue weighted by molar-refractivity contribution is -0.149. The largest absolute Gasteiger partial charge is 0.479 e. The van der Waals surface area contributed by atoms with E-state index >= 15 is 0 Å². The van der Waals surface area contributed by atoms with Crippen LogP contribution in [0.15, 0.2) is 30.6 Å². The molecule has 0 aliphatic carbocycles. The molecule has 0 spiro atoms. The third-order valence-corrected chi connectivity index (χ3v) is 3.54. The third-order valence-electron chi connectivity index (χ3n) is 3.54. The number of ether oxygens (including phenoxy) is 1. The normalized spacial score (nSPS) is 21.5. The molecule has 0 radical (unpaired) electrons. The van der Waals surface area contributed by atoms with Crippen molar-refractivity contribution in [2.24, 2.45) is 0 Å². The van der Waals surface area contributed by atoms with Crippen LogP contribution < -0.4 is 5.32 Å². The number of hydrogen-bond acceptors (Lipinski definition) is 4. The minimum atomic E-state index is -0.952. The molecule has 1 aliphatic rings. The molecule has 2 N–H and O–H groups in total. The summed E-state index contributed by atoms with van der Waals surface area (Å²) in [5, 5.41) is 15.7. The molecule has 2 aromatic rings. The number of fused-ring (bicyclic) bond motifs is 1. The monoisotopic (exact) mass is 289 g/mol. The Kier molecular flexibility index (Phi) is 3.57. The molecule has 0 aromatic carbocycles. The number of aromatic nitrogens is 2. The lowest BCUT2D eigenvalue weighted by Crippen LogP contribution is -2.33. The van der Waals surface area contributed by atoms with E-state index in [1.165, 1.54) is 6.20 Å². The van der Waals surface area contributed by atoms with Gasteiger partial charge in [-0.05, 0) is 25.0 Å². The zero-order chi connectivity index (χ0) is 14.8. The first-order chi connectivity index (χ1) is 10.1. The van der Waals surface area contributed by atoms with E-state index in [2.05, 4.69) is 10.4 Å². The highest BCUT2D eigenvalue weighted by Gasteiger charge is 2.30. The first-order valence-electron chi connectivity index (χ1n) is 6.74. The molecule has 1 fully saturated rings. The zero-order valence-electron chi connectivity index (χ0n) is 11.2. The van der Waals surface area contributed by atoms with Gasteiger partial charge in [-0.1, -0.05) is 6.07 Å². The average Bonchev–Trinajstić information content (AvgIpc) is 3.11. The Bertz CT molecular complexity index is 682.